The highest BCUT2D eigenvalue weighted by Gasteiger charge is 2.19. The maximum Gasteiger partial charge on any atom is 0.119 e. The lowest BCUT2D eigenvalue weighted by molar-refractivity contribution is 0.101. The summed E-state index contributed by atoms with van der Waals surface area (Å²) in [4.78, 5) is 0. The van der Waals surface area contributed by atoms with Gasteiger partial charge in [0.15, 0.2) is 0 Å². The molecule has 2 N–H and O–H groups in total. The Balaban J connectivity index is 1.38. The van der Waals surface area contributed by atoms with E-state index in [1.165, 1.54) is 43.2 Å². The molecule has 3 heteroatoms. The van der Waals surface area contributed by atoms with Crippen molar-refractivity contribution in [3.05, 3.63) is 102 Å². The van der Waals surface area contributed by atoms with Crippen LogP contribution >= 0.6 is 0 Å². The van der Waals surface area contributed by atoms with E-state index in [0.717, 1.165) is 24.2 Å². The summed E-state index contributed by atoms with van der Waals surface area (Å²) in [5.41, 5.74) is 3.71. The van der Waals surface area contributed by atoms with Crippen molar-refractivity contribution in [3.63, 3.8) is 0 Å². The average molecular weight is 430 g/mol. The Morgan fingerprint density at radius 2 is 1.38 bits per heavy atom. The molecule has 3 nitrogen and oxygen atoms in total. The van der Waals surface area contributed by atoms with Crippen molar-refractivity contribution in [1.29, 1.82) is 0 Å². The Kier molecular flexibility index (Phi) is 8.35. The Labute approximate surface area is 192 Å². The molecule has 0 aliphatic heterocycles. The van der Waals surface area contributed by atoms with E-state index in [9.17, 15) is 5.11 Å². The van der Waals surface area contributed by atoms with Gasteiger partial charge >= 0.3 is 0 Å². The van der Waals surface area contributed by atoms with Crippen LogP contribution in [0.4, 0.5) is 0 Å². The zero-order chi connectivity index (χ0) is 22.0. The highest BCUT2D eigenvalue weighted by molar-refractivity contribution is 5.36. The average Bonchev–Trinajstić information content (AvgIpc) is 2.85. The fraction of sp³-hybridized carbons (Fsp3) is 0.379. The summed E-state index contributed by atoms with van der Waals surface area (Å²) in [7, 11) is 0. The van der Waals surface area contributed by atoms with Gasteiger partial charge in [-0.05, 0) is 54.5 Å². The summed E-state index contributed by atoms with van der Waals surface area (Å²) in [6, 6.07) is 29.8. The van der Waals surface area contributed by atoms with Crippen molar-refractivity contribution in [3.8, 4) is 5.75 Å². The SMILES string of the molecule is OC(CCC(c1ccccc1)c1ccc(OCc2ccccc2)cc1)NC1CCCCC1. The zero-order valence-corrected chi connectivity index (χ0v) is 18.8. The fourth-order valence-electron chi connectivity index (χ4n) is 4.70. The quantitative estimate of drug-likeness (QED) is 0.366. The van der Waals surface area contributed by atoms with Gasteiger partial charge < -0.3 is 9.84 Å². The molecule has 0 aromatic heterocycles. The first-order valence-electron chi connectivity index (χ1n) is 12.0. The van der Waals surface area contributed by atoms with Crippen molar-refractivity contribution >= 4 is 0 Å². The van der Waals surface area contributed by atoms with E-state index in [1.54, 1.807) is 0 Å². The Morgan fingerprint density at radius 3 is 2.06 bits per heavy atom. The molecule has 0 radical (unpaired) electrons. The minimum absolute atomic E-state index is 0.252. The molecule has 0 amide bonds. The number of hydrogen-bond donors (Lipinski definition) is 2. The summed E-state index contributed by atoms with van der Waals surface area (Å²) in [6.45, 7) is 0.571. The van der Waals surface area contributed by atoms with Crippen LogP contribution in [0.25, 0.3) is 0 Å². The van der Waals surface area contributed by atoms with Gasteiger partial charge in [-0.25, -0.2) is 0 Å². The summed E-state index contributed by atoms with van der Waals surface area (Å²) >= 11 is 0. The molecule has 0 bridgehead atoms. The molecule has 4 rings (SSSR count). The Hall–Kier alpha value is -2.62. The van der Waals surface area contributed by atoms with E-state index in [2.05, 4.69) is 72.0 Å². The van der Waals surface area contributed by atoms with Gasteiger partial charge in [-0.15, -0.1) is 0 Å². The lowest BCUT2D eigenvalue weighted by atomic mass is 9.87. The van der Waals surface area contributed by atoms with Crippen LogP contribution in [0.3, 0.4) is 0 Å². The second-order valence-corrected chi connectivity index (χ2v) is 8.90. The van der Waals surface area contributed by atoms with Crippen LogP contribution in [0, 0.1) is 0 Å². The molecule has 1 fully saturated rings. The minimum Gasteiger partial charge on any atom is -0.489 e. The number of benzene rings is 3. The fourth-order valence-corrected chi connectivity index (χ4v) is 4.70. The van der Waals surface area contributed by atoms with E-state index in [1.807, 2.05) is 18.2 Å². The number of aliphatic hydroxyl groups is 1. The van der Waals surface area contributed by atoms with Gasteiger partial charge in [-0.1, -0.05) is 92.1 Å². The van der Waals surface area contributed by atoms with Crippen LogP contribution in [0.2, 0.25) is 0 Å². The van der Waals surface area contributed by atoms with Crippen molar-refractivity contribution < 1.29 is 9.84 Å². The van der Waals surface area contributed by atoms with Crippen LogP contribution in [0.15, 0.2) is 84.9 Å². The van der Waals surface area contributed by atoms with E-state index < -0.39 is 6.23 Å². The van der Waals surface area contributed by atoms with Crippen molar-refractivity contribution in [1.82, 2.24) is 5.32 Å². The van der Waals surface area contributed by atoms with Crippen molar-refractivity contribution in [2.45, 2.75) is 69.7 Å². The topological polar surface area (TPSA) is 41.5 Å². The molecule has 0 heterocycles. The maximum atomic E-state index is 10.6. The molecule has 1 aliphatic carbocycles. The number of rotatable bonds is 10. The number of hydrogen-bond acceptors (Lipinski definition) is 3. The third kappa shape index (κ3) is 6.69. The highest BCUT2D eigenvalue weighted by atomic mass is 16.5. The molecule has 2 atom stereocenters. The Morgan fingerprint density at radius 1 is 0.750 bits per heavy atom. The Bertz CT molecular complexity index is 905. The predicted octanol–water partition coefficient (Wildman–Crippen LogP) is 6.42. The predicted molar refractivity (Wildman–Crippen MR) is 131 cm³/mol. The standard InChI is InChI=1S/C29H35NO2/c31-29(30-26-14-8-3-9-15-26)21-20-28(24-12-6-2-7-13-24)25-16-18-27(19-17-25)32-22-23-10-4-1-5-11-23/h1-2,4-7,10-13,16-19,26,28-31H,3,8-9,14-15,20-22H2. The largest absolute Gasteiger partial charge is 0.489 e. The molecule has 32 heavy (non-hydrogen) atoms. The lowest BCUT2D eigenvalue weighted by Crippen LogP contribution is -2.39. The second-order valence-electron chi connectivity index (χ2n) is 8.90. The summed E-state index contributed by atoms with van der Waals surface area (Å²) in [5, 5.41) is 14.1. The summed E-state index contributed by atoms with van der Waals surface area (Å²) in [5.74, 6) is 1.13. The van der Waals surface area contributed by atoms with Gasteiger partial charge in [-0.2, -0.15) is 0 Å². The van der Waals surface area contributed by atoms with Gasteiger partial charge in [-0.3, -0.25) is 5.32 Å². The van der Waals surface area contributed by atoms with Gasteiger partial charge in [0.05, 0.1) is 0 Å². The second kappa shape index (κ2) is 11.8. The number of ether oxygens (including phenoxy) is 1. The molecule has 1 aliphatic rings. The third-order valence-corrected chi connectivity index (χ3v) is 6.49. The zero-order valence-electron chi connectivity index (χ0n) is 18.8. The first kappa shape index (κ1) is 22.6. The van der Waals surface area contributed by atoms with Gasteiger partial charge in [0.2, 0.25) is 0 Å². The molecule has 0 saturated heterocycles. The molecule has 2 unspecified atom stereocenters. The third-order valence-electron chi connectivity index (χ3n) is 6.49. The molecule has 1 saturated carbocycles. The molecule has 3 aromatic rings. The van der Waals surface area contributed by atoms with Crippen LogP contribution in [-0.2, 0) is 6.61 Å². The first-order chi connectivity index (χ1) is 15.8. The molecular formula is C29H35NO2. The van der Waals surface area contributed by atoms with Crippen LogP contribution in [-0.4, -0.2) is 17.4 Å². The number of aliphatic hydroxyl groups excluding tert-OH is 1. The molecule has 168 valence electrons. The van der Waals surface area contributed by atoms with E-state index >= 15 is 0 Å². The van der Waals surface area contributed by atoms with Gasteiger partial charge in [0.25, 0.3) is 0 Å². The normalized spacial score (nSPS) is 16.4. The lowest BCUT2D eigenvalue weighted by Gasteiger charge is -2.27. The monoisotopic (exact) mass is 429 g/mol. The maximum absolute atomic E-state index is 10.6. The van der Waals surface area contributed by atoms with Crippen LogP contribution in [0.5, 0.6) is 5.75 Å². The highest BCUT2D eigenvalue weighted by Crippen LogP contribution is 2.31. The minimum atomic E-state index is -0.446. The van der Waals surface area contributed by atoms with Gasteiger partial charge in [0, 0.05) is 12.0 Å². The van der Waals surface area contributed by atoms with Crippen LogP contribution < -0.4 is 10.1 Å². The summed E-state index contributed by atoms with van der Waals surface area (Å²) < 4.78 is 5.97. The summed E-state index contributed by atoms with van der Waals surface area (Å²) in [6.07, 6.45) is 7.43. The smallest absolute Gasteiger partial charge is 0.119 e. The molecule has 3 aromatic carbocycles. The van der Waals surface area contributed by atoms with E-state index in [0.29, 0.717) is 12.6 Å². The first-order valence-corrected chi connectivity index (χ1v) is 12.0. The van der Waals surface area contributed by atoms with Gasteiger partial charge in [0.1, 0.15) is 18.6 Å². The number of nitrogens with one attached hydrogen (secondary N) is 1. The van der Waals surface area contributed by atoms with Crippen molar-refractivity contribution in [2.75, 3.05) is 0 Å². The van der Waals surface area contributed by atoms with E-state index in [-0.39, 0.29) is 5.92 Å². The molecule has 0 spiro atoms. The molecular weight excluding hydrogens is 394 g/mol. The van der Waals surface area contributed by atoms with Crippen LogP contribution in [0.1, 0.15) is 67.6 Å². The van der Waals surface area contributed by atoms with Crippen molar-refractivity contribution in [2.24, 2.45) is 0 Å². The van der Waals surface area contributed by atoms with E-state index in [4.69, 9.17) is 4.74 Å².